The van der Waals surface area contributed by atoms with Crippen molar-refractivity contribution in [2.75, 3.05) is 12.4 Å². The van der Waals surface area contributed by atoms with Gasteiger partial charge in [0.1, 0.15) is 5.75 Å². The van der Waals surface area contributed by atoms with E-state index in [2.05, 4.69) is 15.7 Å². The highest BCUT2D eigenvalue weighted by atomic mass is 35.5. The van der Waals surface area contributed by atoms with Gasteiger partial charge in [-0.15, -0.1) is 0 Å². The van der Waals surface area contributed by atoms with E-state index in [9.17, 15) is 4.79 Å². The van der Waals surface area contributed by atoms with Gasteiger partial charge < -0.3 is 15.4 Å². The number of carbonyl (C=O) groups is 1. The smallest absolute Gasteiger partial charge is 0.319 e. The van der Waals surface area contributed by atoms with Gasteiger partial charge in [-0.3, -0.25) is 4.68 Å². The Morgan fingerprint density at radius 2 is 2.29 bits per heavy atom. The van der Waals surface area contributed by atoms with Gasteiger partial charge in [0.2, 0.25) is 0 Å². The molecule has 0 saturated heterocycles. The van der Waals surface area contributed by atoms with E-state index in [1.54, 1.807) is 42.4 Å². The first-order valence-corrected chi connectivity index (χ1v) is 6.90. The summed E-state index contributed by atoms with van der Waals surface area (Å²) in [5.74, 6) is 0.679. The molecule has 0 spiro atoms. The van der Waals surface area contributed by atoms with E-state index in [4.69, 9.17) is 16.3 Å². The number of nitrogens with one attached hydrogen (secondary N) is 2. The molecule has 2 rings (SSSR count). The molecule has 2 amide bonds. The topological polar surface area (TPSA) is 68.2 Å². The van der Waals surface area contributed by atoms with Crippen molar-refractivity contribution in [3.63, 3.8) is 0 Å². The molecule has 1 aromatic carbocycles. The molecule has 0 aliphatic heterocycles. The number of amides is 2. The molecule has 0 saturated carbocycles. The lowest BCUT2D eigenvalue weighted by Crippen LogP contribution is -2.28. The summed E-state index contributed by atoms with van der Waals surface area (Å²) in [6.45, 7) is 3.04. The van der Waals surface area contributed by atoms with Crippen LogP contribution in [0.5, 0.6) is 5.75 Å². The number of carbonyl (C=O) groups excluding carboxylic acids is 1. The monoisotopic (exact) mass is 308 g/mol. The lowest BCUT2D eigenvalue weighted by Gasteiger charge is -2.10. The summed E-state index contributed by atoms with van der Waals surface area (Å²) in [4.78, 5) is 11.8. The van der Waals surface area contributed by atoms with Crippen molar-refractivity contribution in [1.82, 2.24) is 15.1 Å². The van der Waals surface area contributed by atoms with Crippen molar-refractivity contribution in [1.29, 1.82) is 0 Å². The van der Waals surface area contributed by atoms with Crippen molar-refractivity contribution in [2.24, 2.45) is 0 Å². The van der Waals surface area contributed by atoms with Gasteiger partial charge in [-0.1, -0.05) is 11.6 Å². The maximum absolute atomic E-state index is 11.8. The van der Waals surface area contributed by atoms with Crippen LogP contribution in [0.1, 0.15) is 12.5 Å². The fourth-order valence-electron chi connectivity index (χ4n) is 1.84. The second-order valence-corrected chi connectivity index (χ2v) is 4.78. The fourth-order valence-corrected chi connectivity index (χ4v) is 2.03. The molecular formula is C14H17ClN4O2. The molecule has 112 valence electrons. The number of rotatable bonds is 5. The summed E-state index contributed by atoms with van der Waals surface area (Å²) in [5, 5.41) is 10.1. The standard InChI is InChI=1S/C14H17ClN4O2/c1-3-19-9-12(8-17-19)18-14(20)16-7-10-6-11(15)4-5-13(10)21-2/h4-6,8-9H,3,7H2,1-2H3,(H2,16,18,20). The van der Waals surface area contributed by atoms with Crippen LogP contribution in [-0.4, -0.2) is 22.9 Å². The molecular weight excluding hydrogens is 292 g/mol. The van der Waals surface area contributed by atoms with Crippen LogP contribution in [0.4, 0.5) is 10.5 Å². The highest BCUT2D eigenvalue weighted by Gasteiger charge is 2.07. The predicted molar refractivity (Wildman–Crippen MR) is 81.8 cm³/mol. The lowest BCUT2D eigenvalue weighted by atomic mass is 10.2. The van der Waals surface area contributed by atoms with E-state index >= 15 is 0 Å². The van der Waals surface area contributed by atoms with E-state index < -0.39 is 0 Å². The number of hydrogen-bond acceptors (Lipinski definition) is 3. The molecule has 0 aliphatic rings. The highest BCUT2D eigenvalue weighted by molar-refractivity contribution is 6.30. The molecule has 0 aliphatic carbocycles. The summed E-state index contributed by atoms with van der Waals surface area (Å²) in [6.07, 6.45) is 3.36. The molecule has 0 atom stereocenters. The molecule has 2 aromatic rings. The summed E-state index contributed by atoms with van der Waals surface area (Å²) < 4.78 is 6.96. The van der Waals surface area contributed by atoms with Crippen molar-refractivity contribution in [3.8, 4) is 5.75 Å². The molecule has 1 heterocycles. The number of benzene rings is 1. The third-order valence-electron chi connectivity index (χ3n) is 2.90. The number of aromatic nitrogens is 2. The minimum atomic E-state index is -0.312. The van der Waals surface area contributed by atoms with Crippen LogP contribution >= 0.6 is 11.6 Å². The first-order valence-electron chi connectivity index (χ1n) is 6.52. The van der Waals surface area contributed by atoms with E-state index in [1.807, 2.05) is 6.92 Å². The second kappa shape index (κ2) is 6.99. The number of ether oxygens (including phenoxy) is 1. The number of anilines is 1. The van der Waals surface area contributed by atoms with E-state index in [1.165, 1.54) is 0 Å². The first kappa shape index (κ1) is 15.2. The van der Waals surface area contributed by atoms with Gasteiger partial charge in [-0.25, -0.2) is 4.79 Å². The van der Waals surface area contributed by atoms with Crippen LogP contribution in [0.3, 0.4) is 0 Å². The number of halogens is 1. The fraction of sp³-hybridized carbons (Fsp3) is 0.286. The van der Waals surface area contributed by atoms with Crippen LogP contribution in [0, 0.1) is 0 Å². The van der Waals surface area contributed by atoms with E-state index in [0.29, 0.717) is 23.0 Å². The summed E-state index contributed by atoms with van der Waals surface area (Å²) in [7, 11) is 1.58. The average Bonchev–Trinajstić information content (AvgIpc) is 2.93. The third kappa shape index (κ3) is 4.13. The molecule has 21 heavy (non-hydrogen) atoms. The van der Waals surface area contributed by atoms with Gasteiger partial charge in [-0.05, 0) is 25.1 Å². The largest absolute Gasteiger partial charge is 0.496 e. The maximum Gasteiger partial charge on any atom is 0.319 e. The molecule has 1 aromatic heterocycles. The Morgan fingerprint density at radius 1 is 1.48 bits per heavy atom. The summed E-state index contributed by atoms with van der Waals surface area (Å²) in [6, 6.07) is 4.95. The van der Waals surface area contributed by atoms with Gasteiger partial charge in [0, 0.05) is 29.9 Å². The zero-order valence-electron chi connectivity index (χ0n) is 11.9. The Hall–Kier alpha value is -2.21. The molecule has 0 unspecified atom stereocenters. The van der Waals surface area contributed by atoms with Crippen molar-refractivity contribution in [2.45, 2.75) is 20.0 Å². The molecule has 6 nitrogen and oxygen atoms in total. The molecule has 0 bridgehead atoms. The Morgan fingerprint density at radius 3 is 2.95 bits per heavy atom. The van der Waals surface area contributed by atoms with Crippen molar-refractivity contribution < 1.29 is 9.53 Å². The number of urea groups is 1. The Balaban J connectivity index is 1.93. The average molecular weight is 309 g/mol. The number of methoxy groups -OCH3 is 1. The molecule has 0 fully saturated rings. The molecule has 0 radical (unpaired) electrons. The highest BCUT2D eigenvalue weighted by Crippen LogP contribution is 2.22. The molecule has 2 N–H and O–H groups in total. The van der Waals surface area contributed by atoms with E-state index in [0.717, 1.165) is 12.1 Å². The summed E-state index contributed by atoms with van der Waals surface area (Å²) >= 11 is 5.94. The van der Waals surface area contributed by atoms with Gasteiger partial charge in [0.15, 0.2) is 0 Å². The van der Waals surface area contributed by atoms with Crippen LogP contribution in [0.15, 0.2) is 30.6 Å². The van der Waals surface area contributed by atoms with Crippen LogP contribution in [-0.2, 0) is 13.1 Å². The van der Waals surface area contributed by atoms with Crippen LogP contribution in [0.2, 0.25) is 5.02 Å². The second-order valence-electron chi connectivity index (χ2n) is 4.35. The van der Waals surface area contributed by atoms with Gasteiger partial charge >= 0.3 is 6.03 Å². The first-order chi connectivity index (χ1) is 10.1. The normalized spacial score (nSPS) is 10.2. The number of hydrogen-bond donors (Lipinski definition) is 2. The zero-order valence-corrected chi connectivity index (χ0v) is 12.6. The minimum Gasteiger partial charge on any atom is -0.496 e. The predicted octanol–water partition coefficient (Wildman–Crippen LogP) is 2.89. The molecule has 7 heteroatoms. The SMILES string of the molecule is CCn1cc(NC(=O)NCc2cc(Cl)ccc2OC)cn1. The Kier molecular flexibility index (Phi) is 5.05. The third-order valence-corrected chi connectivity index (χ3v) is 3.13. The maximum atomic E-state index is 11.8. The van der Waals surface area contributed by atoms with Crippen molar-refractivity contribution >= 4 is 23.3 Å². The van der Waals surface area contributed by atoms with Crippen LogP contribution < -0.4 is 15.4 Å². The van der Waals surface area contributed by atoms with Crippen LogP contribution in [0.25, 0.3) is 0 Å². The van der Waals surface area contributed by atoms with Gasteiger partial charge in [0.05, 0.1) is 19.0 Å². The quantitative estimate of drug-likeness (QED) is 0.892. The lowest BCUT2D eigenvalue weighted by molar-refractivity contribution is 0.251. The zero-order chi connectivity index (χ0) is 15.2. The van der Waals surface area contributed by atoms with Gasteiger partial charge in [-0.2, -0.15) is 5.10 Å². The number of nitrogens with zero attached hydrogens (tertiary/aromatic N) is 2. The number of aryl methyl sites for hydroxylation is 1. The van der Waals surface area contributed by atoms with E-state index in [-0.39, 0.29) is 6.03 Å². The minimum absolute atomic E-state index is 0.312. The van der Waals surface area contributed by atoms with Crippen molar-refractivity contribution in [3.05, 3.63) is 41.2 Å². The van der Waals surface area contributed by atoms with Gasteiger partial charge in [0.25, 0.3) is 0 Å². The Labute approximate surface area is 128 Å². The Bertz CT molecular complexity index is 627. The summed E-state index contributed by atoms with van der Waals surface area (Å²) in [5.41, 5.74) is 1.46.